The van der Waals surface area contributed by atoms with E-state index in [1.54, 1.807) is 20.8 Å². The highest BCUT2D eigenvalue weighted by Gasteiger charge is 2.48. The zero-order valence-corrected chi connectivity index (χ0v) is 29.5. The van der Waals surface area contributed by atoms with E-state index < -0.39 is 64.8 Å². The maximum absolute atomic E-state index is 14.2. The summed E-state index contributed by atoms with van der Waals surface area (Å²) in [6.45, 7) is 17.4. The van der Waals surface area contributed by atoms with Gasteiger partial charge in [-0.15, -0.1) is 0 Å². The molecule has 3 aliphatic rings. The van der Waals surface area contributed by atoms with E-state index in [1.807, 2.05) is 13.8 Å². The Labute approximate surface area is 275 Å². The molecule has 4 atom stereocenters. The molecular formula is C34H59N5O7. The Hall–Kier alpha value is -3.18. The summed E-state index contributed by atoms with van der Waals surface area (Å²) < 4.78 is 5.35. The lowest BCUT2D eigenvalue weighted by Crippen LogP contribution is -2.59. The number of hydrogen-bond donors (Lipinski definition) is 4. The van der Waals surface area contributed by atoms with Crippen LogP contribution in [0.4, 0.5) is 4.79 Å². The van der Waals surface area contributed by atoms with Crippen molar-refractivity contribution in [3.8, 4) is 0 Å². The van der Waals surface area contributed by atoms with Gasteiger partial charge in [-0.3, -0.25) is 19.2 Å². The molecule has 262 valence electrons. The summed E-state index contributed by atoms with van der Waals surface area (Å²) in [7, 11) is 0. The maximum Gasteiger partial charge on any atom is 0.328 e. The molecule has 0 bridgehead atoms. The lowest BCUT2D eigenvalue weighted by molar-refractivity contribution is -0.156. The van der Waals surface area contributed by atoms with E-state index in [9.17, 15) is 28.8 Å². The topological polar surface area (TPSA) is 177 Å². The monoisotopic (exact) mass is 649 g/mol. The molecule has 3 rings (SSSR count). The summed E-state index contributed by atoms with van der Waals surface area (Å²) in [5.74, 6) is -2.50. The highest BCUT2D eigenvalue weighted by Crippen LogP contribution is 2.37. The van der Waals surface area contributed by atoms with Gasteiger partial charge in [0.25, 0.3) is 5.91 Å². The SMILES string of the molecule is CC(C)C.CC(NC(=O)NC(C(=O)N1CC(C)(C)CC1C(=O)NC(CC1CC1)C(=O)C(N)=O)C1CCCCC1)C(=O)OC(C)(C)C. The van der Waals surface area contributed by atoms with Gasteiger partial charge in [-0.1, -0.05) is 66.7 Å². The van der Waals surface area contributed by atoms with Crippen LogP contribution in [-0.2, 0) is 28.7 Å². The molecule has 0 aromatic rings. The van der Waals surface area contributed by atoms with Gasteiger partial charge in [0.1, 0.15) is 23.7 Å². The first-order valence-electron chi connectivity index (χ1n) is 16.9. The van der Waals surface area contributed by atoms with Gasteiger partial charge in [0, 0.05) is 6.54 Å². The van der Waals surface area contributed by atoms with Crippen molar-refractivity contribution in [2.45, 2.75) is 150 Å². The van der Waals surface area contributed by atoms with Gasteiger partial charge in [-0.05, 0) is 76.5 Å². The van der Waals surface area contributed by atoms with Crippen molar-refractivity contribution in [1.29, 1.82) is 0 Å². The van der Waals surface area contributed by atoms with Crippen LogP contribution in [0.5, 0.6) is 0 Å². The van der Waals surface area contributed by atoms with Gasteiger partial charge in [-0.2, -0.15) is 0 Å². The van der Waals surface area contributed by atoms with Crippen molar-refractivity contribution in [2.75, 3.05) is 6.54 Å². The van der Waals surface area contributed by atoms with Crippen molar-refractivity contribution < 1.29 is 33.5 Å². The van der Waals surface area contributed by atoms with Crippen LogP contribution in [-0.4, -0.2) is 76.7 Å². The van der Waals surface area contributed by atoms with Crippen molar-refractivity contribution >= 4 is 35.5 Å². The van der Waals surface area contributed by atoms with Crippen molar-refractivity contribution in [3.05, 3.63) is 0 Å². The number of carbonyl (C=O) groups excluding carboxylic acids is 6. The van der Waals surface area contributed by atoms with E-state index in [-0.39, 0.29) is 24.3 Å². The van der Waals surface area contributed by atoms with E-state index in [0.29, 0.717) is 12.8 Å². The number of hydrogen-bond acceptors (Lipinski definition) is 7. The van der Waals surface area contributed by atoms with Gasteiger partial charge in [-0.25, -0.2) is 9.59 Å². The number of likely N-dealkylation sites (tertiary alicyclic amines) is 1. The van der Waals surface area contributed by atoms with Gasteiger partial charge in [0.05, 0.1) is 6.04 Å². The van der Waals surface area contributed by atoms with Crippen LogP contribution in [0, 0.1) is 23.2 Å². The minimum absolute atomic E-state index is 0.139. The summed E-state index contributed by atoms with van der Waals surface area (Å²) in [6.07, 6.45) is 6.87. The molecule has 1 heterocycles. The number of ketones is 1. The fraction of sp³-hybridized carbons (Fsp3) is 0.824. The molecule has 1 aliphatic heterocycles. The van der Waals surface area contributed by atoms with Crippen LogP contribution in [0.3, 0.4) is 0 Å². The second kappa shape index (κ2) is 16.6. The summed E-state index contributed by atoms with van der Waals surface area (Å²) in [4.78, 5) is 78.9. The van der Waals surface area contributed by atoms with E-state index in [4.69, 9.17) is 10.5 Å². The molecule has 3 fully saturated rings. The third-order valence-corrected chi connectivity index (χ3v) is 8.23. The van der Waals surface area contributed by atoms with Crippen molar-refractivity contribution in [3.63, 3.8) is 0 Å². The molecule has 12 nitrogen and oxygen atoms in total. The van der Waals surface area contributed by atoms with Gasteiger partial charge in [0.2, 0.25) is 17.6 Å². The molecule has 5 amide bonds. The fourth-order valence-electron chi connectivity index (χ4n) is 5.95. The molecular weight excluding hydrogens is 590 g/mol. The summed E-state index contributed by atoms with van der Waals surface area (Å²) in [5.41, 5.74) is 4.13. The quantitative estimate of drug-likeness (QED) is 0.195. The molecule has 2 aliphatic carbocycles. The number of amides is 5. The first kappa shape index (κ1) is 39.0. The standard InChI is InChI=1S/C30H49N5O7.C4H10/c1-17(27(40)42-29(2,3)4)32-28(41)34-22(19-10-8-7-9-11-19)26(39)35-16-30(5,6)15-21(35)25(38)33-20(14-18-12-13-18)23(36)24(31)37;1-4(2)3/h17-22H,7-16H2,1-6H3,(H2,31,37)(H,33,38)(H2,32,34,41);4H,1-3H3. The Morgan fingerprint density at radius 3 is 1.96 bits per heavy atom. The summed E-state index contributed by atoms with van der Waals surface area (Å²) in [6, 6.07) is -4.44. The van der Waals surface area contributed by atoms with Crippen molar-refractivity contribution in [2.24, 2.45) is 28.9 Å². The number of nitrogens with two attached hydrogens (primary N) is 1. The number of esters is 1. The minimum atomic E-state index is -1.10. The largest absolute Gasteiger partial charge is 0.458 e. The molecule has 0 aromatic heterocycles. The zero-order chi connectivity index (χ0) is 35.0. The number of primary amides is 1. The molecule has 0 spiro atoms. The van der Waals surface area contributed by atoms with Crippen LogP contribution in [0.1, 0.15) is 120 Å². The van der Waals surface area contributed by atoms with Gasteiger partial charge in [0.15, 0.2) is 0 Å². The van der Waals surface area contributed by atoms with Crippen LogP contribution < -0.4 is 21.7 Å². The Balaban J connectivity index is 0.00000173. The fourth-order valence-corrected chi connectivity index (χ4v) is 5.95. The number of urea groups is 1. The van der Waals surface area contributed by atoms with Crippen LogP contribution >= 0.6 is 0 Å². The zero-order valence-electron chi connectivity index (χ0n) is 29.5. The number of Topliss-reactive ketones (excluding diaryl/α,β-unsaturated/α-hetero) is 1. The molecule has 1 saturated heterocycles. The second-order valence-corrected chi connectivity index (χ2v) is 15.8. The molecule has 2 saturated carbocycles. The van der Waals surface area contributed by atoms with E-state index in [2.05, 4.69) is 36.7 Å². The second-order valence-electron chi connectivity index (χ2n) is 15.8. The lowest BCUT2D eigenvalue weighted by Gasteiger charge is -2.35. The first-order valence-corrected chi connectivity index (χ1v) is 16.9. The predicted molar refractivity (Wildman–Crippen MR) is 175 cm³/mol. The number of nitrogens with zero attached hydrogens (tertiary/aromatic N) is 1. The molecule has 0 radical (unpaired) electrons. The summed E-state index contributed by atoms with van der Waals surface area (Å²) >= 11 is 0. The average Bonchev–Trinajstić information content (AvgIpc) is 3.69. The molecule has 5 N–H and O–H groups in total. The van der Waals surface area contributed by atoms with E-state index in [1.165, 1.54) is 11.8 Å². The van der Waals surface area contributed by atoms with E-state index in [0.717, 1.165) is 50.9 Å². The molecule has 12 heteroatoms. The number of ether oxygens (including phenoxy) is 1. The number of rotatable bonds is 11. The normalized spacial score (nSPS) is 21.6. The van der Waals surface area contributed by atoms with Gasteiger partial charge >= 0.3 is 12.0 Å². The predicted octanol–water partition coefficient (Wildman–Crippen LogP) is 3.59. The third kappa shape index (κ3) is 12.9. The molecule has 46 heavy (non-hydrogen) atoms. The first-order chi connectivity index (χ1) is 21.2. The van der Waals surface area contributed by atoms with Crippen LogP contribution in [0.15, 0.2) is 0 Å². The van der Waals surface area contributed by atoms with Crippen LogP contribution in [0.25, 0.3) is 0 Å². The Morgan fingerprint density at radius 2 is 1.46 bits per heavy atom. The van der Waals surface area contributed by atoms with Crippen LogP contribution in [0.2, 0.25) is 0 Å². The van der Waals surface area contributed by atoms with Gasteiger partial charge < -0.3 is 31.3 Å². The van der Waals surface area contributed by atoms with Crippen molar-refractivity contribution in [1.82, 2.24) is 20.9 Å². The summed E-state index contributed by atoms with van der Waals surface area (Å²) in [5, 5.41) is 8.11. The Morgan fingerprint density at radius 1 is 0.891 bits per heavy atom. The minimum Gasteiger partial charge on any atom is -0.458 e. The number of nitrogens with one attached hydrogen (secondary N) is 3. The van der Waals surface area contributed by atoms with E-state index >= 15 is 0 Å². The number of carbonyl (C=O) groups is 6. The lowest BCUT2D eigenvalue weighted by atomic mass is 9.83. The molecule has 4 unspecified atom stereocenters. The highest BCUT2D eigenvalue weighted by molar-refractivity contribution is 6.37. The Kier molecular flexibility index (Phi) is 14.1. The highest BCUT2D eigenvalue weighted by atomic mass is 16.6. The maximum atomic E-state index is 14.2. The Bertz CT molecular complexity index is 1100. The smallest absolute Gasteiger partial charge is 0.328 e. The molecule has 0 aromatic carbocycles. The average molecular weight is 650 g/mol. The third-order valence-electron chi connectivity index (χ3n) is 8.23.